The van der Waals surface area contributed by atoms with E-state index in [9.17, 15) is 9.18 Å². The SMILES string of the molecule is COc1ccc(F)cc1CN1CCN(C(=O)CC(C)C2CCCNC2)CC1. The molecule has 5 nitrogen and oxygen atoms in total. The van der Waals surface area contributed by atoms with E-state index in [1.54, 1.807) is 13.2 Å². The van der Waals surface area contributed by atoms with Gasteiger partial charge in [0.15, 0.2) is 0 Å². The van der Waals surface area contributed by atoms with Gasteiger partial charge in [0.1, 0.15) is 11.6 Å². The van der Waals surface area contributed by atoms with Crippen LogP contribution in [0.2, 0.25) is 0 Å². The van der Waals surface area contributed by atoms with Crippen LogP contribution in [-0.2, 0) is 11.3 Å². The third-order valence-corrected chi connectivity index (χ3v) is 6.00. The Kier molecular flexibility index (Phi) is 7.07. The Labute approximate surface area is 161 Å². The maximum Gasteiger partial charge on any atom is 0.222 e. The van der Waals surface area contributed by atoms with Gasteiger partial charge in [-0.3, -0.25) is 9.69 Å². The summed E-state index contributed by atoms with van der Waals surface area (Å²) in [6.45, 7) is 8.11. The Morgan fingerprint density at radius 3 is 2.78 bits per heavy atom. The number of ether oxygens (including phenoxy) is 1. The highest BCUT2D eigenvalue weighted by Crippen LogP contribution is 2.24. The molecule has 2 heterocycles. The first-order valence-electron chi connectivity index (χ1n) is 10.1. The first kappa shape index (κ1) is 20.1. The fraction of sp³-hybridized carbons (Fsp3) is 0.667. The maximum absolute atomic E-state index is 13.5. The molecule has 2 saturated heterocycles. The molecule has 0 bridgehead atoms. The summed E-state index contributed by atoms with van der Waals surface area (Å²) in [7, 11) is 1.61. The molecule has 2 unspecified atom stereocenters. The van der Waals surface area contributed by atoms with Crippen LogP contribution in [0, 0.1) is 17.7 Å². The lowest BCUT2D eigenvalue weighted by molar-refractivity contribution is -0.134. The Morgan fingerprint density at radius 2 is 2.11 bits per heavy atom. The molecule has 0 saturated carbocycles. The lowest BCUT2D eigenvalue weighted by atomic mass is 9.85. The van der Waals surface area contributed by atoms with Gasteiger partial charge in [0.25, 0.3) is 0 Å². The smallest absolute Gasteiger partial charge is 0.222 e. The molecule has 0 aromatic heterocycles. The molecule has 1 amide bonds. The van der Waals surface area contributed by atoms with Crippen molar-refractivity contribution in [3.63, 3.8) is 0 Å². The van der Waals surface area contributed by atoms with E-state index in [1.165, 1.54) is 25.0 Å². The Bertz CT molecular complexity index is 626. The molecule has 1 aromatic carbocycles. The van der Waals surface area contributed by atoms with Crippen molar-refractivity contribution in [1.29, 1.82) is 0 Å². The van der Waals surface area contributed by atoms with Gasteiger partial charge in [-0.2, -0.15) is 0 Å². The molecule has 2 aliphatic heterocycles. The third kappa shape index (κ3) is 5.42. The average Bonchev–Trinajstić information content (AvgIpc) is 2.69. The molecule has 150 valence electrons. The van der Waals surface area contributed by atoms with Gasteiger partial charge in [-0.15, -0.1) is 0 Å². The largest absolute Gasteiger partial charge is 0.496 e. The van der Waals surface area contributed by atoms with Crippen LogP contribution in [0.1, 0.15) is 31.7 Å². The van der Waals surface area contributed by atoms with Crippen molar-refractivity contribution in [2.75, 3.05) is 46.4 Å². The summed E-state index contributed by atoms with van der Waals surface area (Å²) in [5.74, 6) is 1.79. The molecule has 6 heteroatoms. The van der Waals surface area contributed by atoms with Crippen molar-refractivity contribution < 1.29 is 13.9 Å². The molecule has 27 heavy (non-hydrogen) atoms. The van der Waals surface area contributed by atoms with Crippen LogP contribution in [0.3, 0.4) is 0 Å². The fourth-order valence-electron chi connectivity index (χ4n) is 4.20. The van der Waals surface area contributed by atoms with Crippen LogP contribution < -0.4 is 10.1 Å². The van der Waals surface area contributed by atoms with Gasteiger partial charge in [-0.1, -0.05) is 6.92 Å². The van der Waals surface area contributed by atoms with Gasteiger partial charge in [-0.25, -0.2) is 4.39 Å². The molecule has 1 N–H and O–H groups in total. The maximum atomic E-state index is 13.5. The summed E-state index contributed by atoms with van der Waals surface area (Å²) < 4.78 is 18.9. The minimum Gasteiger partial charge on any atom is -0.496 e. The third-order valence-electron chi connectivity index (χ3n) is 6.00. The highest BCUT2D eigenvalue weighted by atomic mass is 19.1. The number of rotatable bonds is 6. The second-order valence-electron chi connectivity index (χ2n) is 7.90. The molecule has 1 aromatic rings. The van der Waals surface area contributed by atoms with Crippen molar-refractivity contribution in [3.05, 3.63) is 29.6 Å². The number of carbonyl (C=O) groups is 1. The number of amides is 1. The van der Waals surface area contributed by atoms with Gasteiger partial charge in [0.05, 0.1) is 7.11 Å². The molecule has 2 fully saturated rings. The minimum atomic E-state index is -0.245. The molecule has 3 rings (SSSR count). The molecule has 2 atom stereocenters. The zero-order valence-corrected chi connectivity index (χ0v) is 16.5. The second kappa shape index (κ2) is 9.51. The van der Waals surface area contributed by atoms with Crippen LogP contribution in [0.15, 0.2) is 18.2 Å². The number of hydrogen-bond donors (Lipinski definition) is 1. The molecular formula is C21H32FN3O2. The summed E-state index contributed by atoms with van der Waals surface area (Å²) in [5.41, 5.74) is 0.857. The normalized spacial score (nSPS) is 22.5. The monoisotopic (exact) mass is 377 g/mol. The van der Waals surface area contributed by atoms with Crippen molar-refractivity contribution in [1.82, 2.24) is 15.1 Å². The number of benzene rings is 1. The van der Waals surface area contributed by atoms with Crippen LogP contribution in [0.4, 0.5) is 4.39 Å². The minimum absolute atomic E-state index is 0.245. The predicted octanol–water partition coefficient (Wildman–Crippen LogP) is 2.50. The van der Waals surface area contributed by atoms with Crippen molar-refractivity contribution in [2.24, 2.45) is 11.8 Å². The Morgan fingerprint density at radius 1 is 1.33 bits per heavy atom. The molecule has 0 aliphatic carbocycles. The van der Waals surface area contributed by atoms with E-state index in [2.05, 4.69) is 17.1 Å². The number of methoxy groups -OCH3 is 1. The highest BCUT2D eigenvalue weighted by Gasteiger charge is 2.26. The van der Waals surface area contributed by atoms with E-state index >= 15 is 0 Å². The van der Waals surface area contributed by atoms with Crippen LogP contribution in [-0.4, -0.2) is 62.1 Å². The first-order valence-corrected chi connectivity index (χ1v) is 10.1. The number of halogens is 1. The molecule has 2 aliphatic rings. The number of nitrogens with one attached hydrogen (secondary N) is 1. The summed E-state index contributed by atoms with van der Waals surface area (Å²) in [5, 5.41) is 3.44. The number of hydrogen-bond acceptors (Lipinski definition) is 4. The van der Waals surface area contributed by atoms with Gasteiger partial charge < -0.3 is 15.0 Å². The van der Waals surface area contributed by atoms with E-state index in [0.29, 0.717) is 30.6 Å². The van der Waals surface area contributed by atoms with E-state index in [0.717, 1.165) is 44.8 Å². The highest BCUT2D eigenvalue weighted by molar-refractivity contribution is 5.76. The lowest BCUT2D eigenvalue weighted by Crippen LogP contribution is -2.49. The number of carbonyl (C=O) groups excluding carboxylic acids is 1. The lowest BCUT2D eigenvalue weighted by Gasteiger charge is -2.36. The topological polar surface area (TPSA) is 44.8 Å². The Balaban J connectivity index is 1.47. The van der Waals surface area contributed by atoms with E-state index in [1.807, 2.05) is 4.90 Å². The first-order chi connectivity index (χ1) is 13.1. The Hall–Kier alpha value is -1.66. The van der Waals surface area contributed by atoms with Crippen LogP contribution in [0.5, 0.6) is 5.75 Å². The van der Waals surface area contributed by atoms with Crippen LogP contribution in [0.25, 0.3) is 0 Å². The molecule has 0 radical (unpaired) electrons. The predicted molar refractivity (Wildman–Crippen MR) is 104 cm³/mol. The number of piperidine rings is 1. The summed E-state index contributed by atoms with van der Waals surface area (Å²) in [6, 6.07) is 4.63. The zero-order valence-electron chi connectivity index (χ0n) is 16.5. The van der Waals surface area contributed by atoms with Crippen LogP contribution >= 0.6 is 0 Å². The van der Waals surface area contributed by atoms with E-state index in [4.69, 9.17) is 4.74 Å². The van der Waals surface area contributed by atoms with Gasteiger partial charge in [0, 0.05) is 44.7 Å². The van der Waals surface area contributed by atoms with Gasteiger partial charge >= 0.3 is 0 Å². The van der Waals surface area contributed by atoms with Gasteiger partial charge in [0.2, 0.25) is 5.91 Å². The average molecular weight is 378 g/mol. The second-order valence-corrected chi connectivity index (χ2v) is 7.90. The quantitative estimate of drug-likeness (QED) is 0.827. The standard InChI is InChI=1S/C21H32FN3O2/c1-16(17-4-3-7-23-14-17)12-21(26)25-10-8-24(9-11-25)15-18-13-19(22)5-6-20(18)27-2/h5-6,13,16-17,23H,3-4,7-12,14-15H2,1-2H3. The summed E-state index contributed by atoms with van der Waals surface area (Å²) in [4.78, 5) is 16.9. The zero-order chi connectivity index (χ0) is 19.2. The molecular weight excluding hydrogens is 345 g/mol. The van der Waals surface area contributed by atoms with E-state index < -0.39 is 0 Å². The number of nitrogens with zero attached hydrogens (tertiary/aromatic N) is 2. The van der Waals surface area contributed by atoms with Crippen molar-refractivity contribution in [2.45, 2.75) is 32.7 Å². The molecule has 0 spiro atoms. The van der Waals surface area contributed by atoms with Crippen molar-refractivity contribution in [3.8, 4) is 5.75 Å². The summed E-state index contributed by atoms with van der Waals surface area (Å²) >= 11 is 0. The van der Waals surface area contributed by atoms with E-state index in [-0.39, 0.29) is 11.7 Å². The van der Waals surface area contributed by atoms with Crippen molar-refractivity contribution >= 4 is 5.91 Å². The fourth-order valence-corrected chi connectivity index (χ4v) is 4.20. The summed E-state index contributed by atoms with van der Waals surface area (Å²) in [6.07, 6.45) is 3.08. The van der Waals surface area contributed by atoms with Gasteiger partial charge in [-0.05, 0) is 56.0 Å². The number of piperazine rings is 1.